The van der Waals surface area contributed by atoms with Crippen molar-refractivity contribution in [3.05, 3.63) is 58.7 Å². The molecule has 0 spiro atoms. The Morgan fingerprint density at radius 1 is 0.607 bits per heavy atom. The highest BCUT2D eigenvalue weighted by molar-refractivity contribution is 5.70. The van der Waals surface area contributed by atoms with Crippen molar-refractivity contribution in [2.24, 2.45) is 4.99 Å². The molecule has 2 heteroatoms. The van der Waals surface area contributed by atoms with Crippen molar-refractivity contribution < 1.29 is 0 Å². The minimum atomic E-state index is 0.456. The van der Waals surface area contributed by atoms with Crippen LogP contribution in [0.5, 0.6) is 0 Å². The molecule has 0 saturated heterocycles. The van der Waals surface area contributed by atoms with Crippen molar-refractivity contribution in [1.82, 2.24) is 5.32 Å². The average Bonchev–Trinajstić information content (AvgIpc) is 2.64. The van der Waals surface area contributed by atoms with E-state index in [0.29, 0.717) is 30.2 Å². The number of nitrogens with zero attached hydrogens (tertiary/aromatic N) is 2. The molecule has 0 N–H and O–H groups in total. The van der Waals surface area contributed by atoms with Crippen molar-refractivity contribution in [3.63, 3.8) is 0 Å². The van der Waals surface area contributed by atoms with Gasteiger partial charge < -0.3 is 0 Å². The van der Waals surface area contributed by atoms with E-state index in [1.165, 1.54) is 22.3 Å². The summed E-state index contributed by atoms with van der Waals surface area (Å²) in [5.74, 6) is 1.83. The van der Waals surface area contributed by atoms with Crippen LogP contribution in [0, 0.1) is 0 Å². The van der Waals surface area contributed by atoms with Gasteiger partial charge in [0.15, 0.2) is 0 Å². The third kappa shape index (κ3) is 5.25. The Kier molecular flexibility index (Phi) is 7.86. The number of hydrogen-bond donors (Lipinski definition) is 0. The van der Waals surface area contributed by atoms with Crippen molar-refractivity contribution in [3.8, 4) is 0 Å². The van der Waals surface area contributed by atoms with Crippen LogP contribution in [-0.4, -0.2) is 12.8 Å². The predicted octanol–water partition coefficient (Wildman–Crippen LogP) is 7.82. The van der Waals surface area contributed by atoms with Gasteiger partial charge in [-0.15, -0.1) is 0 Å². The molecular formula is C26H37N2. The number of aliphatic imine (C=N–C) groups is 1. The Bertz CT molecular complexity index is 746. The molecule has 0 fully saturated rings. The van der Waals surface area contributed by atoms with Gasteiger partial charge in [0.2, 0.25) is 0 Å². The quantitative estimate of drug-likeness (QED) is 0.419. The Balaban J connectivity index is 2.29. The van der Waals surface area contributed by atoms with Crippen LogP contribution in [0.1, 0.15) is 101 Å². The third-order valence-corrected chi connectivity index (χ3v) is 5.24. The van der Waals surface area contributed by atoms with E-state index >= 15 is 0 Å². The van der Waals surface area contributed by atoms with E-state index < -0.39 is 0 Å². The Morgan fingerprint density at radius 3 is 1.32 bits per heavy atom. The fourth-order valence-electron chi connectivity index (χ4n) is 3.62. The molecule has 0 aliphatic heterocycles. The fraction of sp³-hybridized carbons (Fsp3) is 0.500. The Labute approximate surface area is 172 Å². The normalized spacial score (nSPS) is 12.1. The zero-order chi connectivity index (χ0) is 20.8. The number of rotatable bonds is 8. The Morgan fingerprint density at radius 2 is 0.964 bits per heavy atom. The van der Waals surface area contributed by atoms with E-state index in [2.05, 4.69) is 91.8 Å². The van der Waals surface area contributed by atoms with Gasteiger partial charge in [0, 0.05) is 6.21 Å². The Hall–Kier alpha value is -2.09. The van der Waals surface area contributed by atoms with Gasteiger partial charge >= 0.3 is 0 Å². The molecule has 28 heavy (non-hydrogen) atoms. The van der Waals surface area contributed by atoms with E-state index in [9.17, 15) is 0 Å². The maximum atomic E-state index is 4.96. The smallest absolute Gasteiger partial charge is 0.0749 e. The van der Waals surface area contributed by atoms with Gasteiger partial charge in [-0.3, -0.25) is 10.3 Å². The molecule has 0 atom stereocenters. The molecule has 0 saturated carbocycles. The monoisotopic (exact) mass is 377 g/mol. The lowest BCUT2D eigenvalue weighted by Gasteiger charge is -2.19. The number of benzene rings is 2. The van der Waals surface area contributed by atoms with E-state index in [4.69, 9.17) is 10.3 Å². The maximum Gasteiger partial charge on any atom is 0.0749 e. The summed E-state index contributed by atoms with van der Waals surface area (Å²) in [6.07, 6.45) is 1.98. The van der Waals surface area contributed by atoms with Gasteiger partial charge in [0.1, 0.15) is 0 Å². The predicted molar refractivity (Wildman–Crippen MR) is 124 cm³/mol. The summed E-state index contributed by atoms with van der Waals surface area (Å²) in [5, 5.41) is 4.96. The van der Waals surface area contributed by atoms with Gasteiger partial charge in [0.25, 0.3) is 0 Å². The topological polar surface area (TPSA) is 26.5 Å². The molecule has 2 aromatic carbocycles. The molecule has 151 valence electrons. The summed E-state index contributed by atoms with van der Waals surface area (Å²) >= 11 is 0. The van der Waals surface area contributed by atoms with Gasteiger partial charge in [0.05, 0.1) is 17.9 Å². The summed E-state index contributed by atoms with van der Waals surface area (Å²) in [7, 11) is 0. The van der Waals surface area contributed by atoms with E-state index in [-0.39, 0.29) is 0 Å². The molecule has 0 aromatic heterocycles. The first-order valence-electron chi connectivity index (χ1n) is 10.7. The minimum Gasteiger partial charge on any atom is -0.279 e. The highest BCUT2D eigenvalue weighted by atomic mass is 14.9. The van der Waals surface area contributed by atoms with Crippen molar-refractivity contribution in [2.75, 3.05) is 6.54 Å². The standard InChI is InChI=1S/C26H37N2/c1-17(2)21-11-9-12-22(18(3)4)25(21)27-15-16-28-26-23(19(5)6)13-10-14-24(26)20(7)8/h9-15,17-20H,16H2,1-8H3. The van der Waals surface area contributed by atoms with E-state index in [1.807, 2.05) is 6.21 Å². The fourth-order valence-corrected chi connectivity index (χ4v) is 3.62. The first-order chi connectivity index (χ1) is 13.2. The van der Waals surface area contributed by atoms with Gasteiger partial charge in [-0.25, -0.2) is 0 Å². The molecule has 2 nitrogen and oxygen atoms in total. The first kappa shape index (κ1) is 22.2. The molecule has 1 radical (unpaired) electrons. The minimum absolute atomic E-state index is 0.456. The second-order valence-electron chi connectivity index (χ2n) is 8.84. The average molecular weight is 378 g/mol. The lowest BCUT2D eigenvalue weighted by molar-refractivity contribution is 0.806. The molecule has 0 amide bonds. The molecule has 2 rings (SSSR count). The largest absolute Gasteiger partial charge is 0.279 e. The summed E-state index contributed by atoms with van der Waals surface area (Å²) in [6, 6.07) is 13.1. The second-order valence-corrected chi connectivity index (χ2v) is 8.84. The molecule has 0 aliphatic rings. The number of para-hydroxylation sites is 2. The molecule has 0 bridgehead atoms. The van der Waals surface area contributed by atoms with Gasteiger partial charge in [-0.1, -0.05) is 91.8 Å². The summed E-state index contributed by atoms with van der Waals surface area (Å²) < 4.78 is 0. The van der Waals surface area contributed by atoms with Gasteiger partial charge in [-0.05, 0) is 45.9 Å². The highest BCUT2D eigenvalue weighted by Crippen LogP contribution is 2.35. The van der Waals surface area contributed by atoms with Crippen LogP contribution in [0.25, 0.3) is 0 Å². The molecule has 0 heterocycles. The van der Waals surface area contributed by atoms with Crippen molar-refractivity contribution in [2.45, 2.75) is 79.1 Å². The zero-order valence-electron chi connectivity index (χ0n) is 19.0. The highest BCUT2D eigenvalue weighted by Gasteiger charge is 2.15. The SMILES string of the molecule is CC(C)c1cccc(C(C)C)c1[N]CC=Nc1c(C(C)C)cccc1C(C)C. The van der Waals surface area contributed by atoms with Crippen LogP contribution in [0.15, 0.2) is 41.4 Å². The van der Waals surface area contributed by atoms with Crippen molar-refractivity contribution >= 4 is 17.6 Å². The maximum absolute atomic E-state index is 4.96. The third-order valence-electron chi connectivity index (χ3n) is 5.24. The summed E-state index contributed by atoms with van der Waals surface area (Å²) in [5.41, 5.74) is 7.56. The van der Waals surface area contributed by atoms with Crippen LogP contribution >= 0.6 is 0 Å². The van der Waals surface area contributed by atoms with Crippen LogP contribution in [0.4, 0.5) is 11.4 Å². The number of hydrogen-bond acceptors (Lipinski definition) is 1. The first-order valence-corrected chi connectivity index (χ1v) is 10.7. The van der Waals surface area contributed by atoms with Crippen LogP contribution < -0.4 is 5.32 Å². The molecule has 0 aliphatic carbocycles. The van der Waals surface area contributed by atoms with Crippen molar-refractivity contribution in [1.29, 1.82) is 0 Å². The van der Waals surface area contributed by atoms with Crippen LogP contribution in [0.2, 0.25) is 0 Å². The zero-order valence-corrected chi connectivity index (χ0v) is 19.0. The molecular weight excluding hydrogens is 340 g/mol. The van der Waals surface area contributed by atoms with E-state index in [1.54, 1.807) is 0 Å². The molecule has 2 aromatic rings. The van der Waals surface area contributed by atoms with Crippen LogP contribution in [-0.2, 0) is 0 Å². The second kappa shape index (κ2) is 9.91. The lowest BCUT2D eigenvalue weighted by atomic mass is 9.92. The lowest BCUT2D eigenvalue weighted by Crippen LogP contribution is -2.09. The summed E-state index contributed by atoms with van der Waals surface area (Å²) in [4.78, 5) is 4.89. The van der Waals surface area contributed by atoms with Crippen LogP contribution in [0.3, 0.4) is 0 Å². The summed E-state index contributed by atoms with van der Waals surface area (Å²) in [6.45, 7) is 18.5. The van der Waals surface area contributed by atoms with Gasteiger partial charge in [-0.2, -0.15) is 0 Å². The molecule has 0 unspecified atom stereocenters. The van der Waals surface area contributed by atoms with E-state index in [0.717, 1.165) is 11.4 Å².